The van der Waals surface area contributed by atoms with E-state index < -0.39 is 0 Å². The molecule has 2 aromatic rings. The van der Waals surface area contributed by atoms with Crippen molar-refractivity contribution in [2.45, 2.75) is 19.1 Å². The normalized spacial score (nSPS) is 20.6. The number of fused-ring (bicyclic) bond motifs is 1. The Labute approximate surface area is 104 Å². The molecule has 1 aliphatic heterocycles. The fourth-order valence-corrected chi connectivity index (χ4v) is 2.34. The third-order valence-electron chi connectivity index (χ3n) is 3.29. The number of nitrogens with one attached hydrogen (secondary N) is 1. The average molecular weight is 245 g/mol. The van der Waals surface area contributed by atoms with Crippen molar-refractivity contribution in [1.82, 2.24) is 14.9 Å². The smallest absolute Gasteiger partial charge is 0.271 e. The van der Waals surface area contributed by atoms with Crippen LogP contribution in [0.1, 0.15) is 12.1 Å². The molecule has 0 amide bonds. The zero-order chi connectivity index (χ0) is 12.5. The van der Waals surface area contributed by atoms with E-state index in [1.54, 1.807) is 0 Å². The molecular weight excluding hydrogens is 230 g/mol. The van der Waals surface area contributed by atoms with Gasteiger partial charge in [0.1, 0.15) is 5.69 Å². The maximum Gasteiger partial charge on any atom is 0.271 e. The van der Waals surface area contributed by atoms with Gasteiger partial charge in [-0.05, 0) is 18.6 Å². The second-order valence-electron chi connectivity index (χ2n) is 4.71. The Hall–Kier alpha value is -1.72. The lowest BCUT2D eigenvalue weighted by Gasteiger charge is -2.13. The summed E-state index contributed by atoms with van der Waals surface area (Å²) in [7, 11) is 0. The summed E-state index contributed by atoms with van der Waals surface area (Å²) in [6.45, 7) is 1.93. The molecular formula is C13H15N3O2. The van der Waals surface area contributed by atoms with Crippen LogP contribution in [0.4, 0.5) is 0 Å². The molecule has 94 valence electrons. The maximum absolute atomic E-state index is 11.9. The van der Waals surface area contributed by atoms with E-state index >= 15 is 0 Å². The number of aliphatic hydroxyl groups is 1. The molecule has 5 heteroatoms. The van der Waals surface area contributed by atoms with Crippen LogP contribution in [0.5, 0.6) is 0 Å². The van der Waals surface area contributed by atoms with Gasteiger partial charge in [-0.25, -0.2) is 4.98 Å². The van der Waals surface area contributed by atoms with E-state index in [0.29, 0.717) is 18.8 Å². The Balaban J connectivity index is 1.92. The molecule has 1 fully saturated rings. The number of β-amino-alcohol motifs (C(OH)–C–C–N with tert-alkyl or cyclic N) is 1. The Morgan fingerprint density at radius 3 is 3.06 bits per heavy atom. The molecule has 1 aromatic carbocycles. The molecule has 0 bridgehead atoms. The van der Waals surface area contributed by atoms with Crippen LogP contribution in [-0.4, -0.2) is 39.2 Å². The van der Waals surface area contributed by atoms with Crippen LogP contribution in [0.3, 0.4) is 0 Å². The van der Waals surface area contributed by atoms with Crippen LogP contribution in [-0.2, 0) is 6.54 Å². The lowest BCUT2D eigenvalue weighted by molar-refractivity contribution is 0.174. The third kappa shape index (κ3) is 2.14. The molecule has 2 N–H and O–H groups in total. The highest BCUT2D eigenvalue weighted by Gasteiger charge is 2.21. The van der Waals surface area contributed by atoms with E-state index in [9.17, 15) is 9.90 Å². The second-order valence-corrected chi connectivity index (χ2v) is 4.71. The summed E-state index contributed by atoms with van der Waals surface area (Å²) in [5.41, 5.74) is 1.93. The number of aliphatic hydroxyl groups excluding tert-OH is 1. The molecule has 18 heavy (non-hydrogen) atoms. The Bertz CT molecular complexity index is 623. The number of rotatable bonds is 2. The summed E-state index contributed by atoms with van der Waals surface area (Å²) in [5.74, 6) is 0. The molecule has 3 rings (SSSR count). The Kier molecular flexibility index (Phi) is 2.85. The first-order valence-electron chi connectivity index (χ1n) is 6.11. The van der Waals surface area contributed by atoms with Gasteiger partial charge >= 0.3 is 0 Å². The molecule has 1 saturated heterocycles. The predicted molar refractivity (Wildman–Crippen MR) is 68.3 cm³/mol. The van der Waals surface area contributed by atoms with Gasteiger partial charge in [0, 0.05) is 19.6 Å². The zero-order valence-corrected chi connectivity index (χ0v) is 9.97. The van der Waals surface area contributed by atoms with Gasteiger partial charge in [-0.15, -0.1) is 0 Å². The van der Waals surface area contributed by atoms with E-state index in [1.165, 1.54) is 0 Å². The SMILES string of the molecule is O=c1[nH]c2ccccc2nc1CN1CCC(O)C1. The van der Waals surface area contributed by atoms with Crippen LogP contribution < -0.4 is 5.56 Å². The van der Waals surface area contributed by atoms with E-state index in [1.807, 2.05) is 24.3 Å². The first-order valence-corrected chi connectivity index (χ1v) is 6.11. The minimum absolute atomic E-state index is 0.143. The van der Waals surface area contributed by atoms with Gasteiger partial charge in [0.05, 0.1) is 17.1 Å². The van der Waals surface area contributed by atoms with Crippen LogP contribution in [0, 0.1) is 0 Å². The quantitative estimate of drug-likeness (QED) is 0.808. The van der Waals surface area contributed by atoms with E-state index in [4.69, 9.17) is 0 Å². The number of likely N-dealkylation sites (tertiary alicyclic amines) is 1. The molecule has 1 aliphatic rings. The van der Waals surface area contributed by atoms with Crippen molar-refractivity contribution in [3.05, 3.63) is 40.3 Å². The minimum Gasteiger partial charge on any atom is -0.392 e. The lowest BCUT2D eigenvalue weighted by Crippen LogP contribution is -2.27. The van der Waals surface area contributed by atoms with E-state index in [-0.39, 0.29) is 11.7 Å². The highest BCUT2D eigenvalue weighted by molar-refractivity contribution is 5.73. The number of para-hydroxylation sites is 2. The lowest BCUT2D eigenvalue weighted by atomic mass is 10.3. The van der Waals surface area contributed by atoms with E-state index in [0.717, 1.165) is 24.0 Å². The van der Waals surface area contributed by atoms with E-state index in [2.05, 4.69) is 14.9 Å². The molecule has 1 unspecified atom stereocenters. The topological polar surface area (TPSA) is 69.2 Å². The number of hydrogen-bond donors (Lipinski definition) is 2. The van der Waals surface area contributed by atoms with Gasteiger partial charge in [-0.2, -0.15) is 0 Å². The van der Waals surface area contributed by atoms with Crippen LogP contribution >= 0.6 is 0 Å². The first-order chi connectivity index (χ1) is 8.72. The van der Waals surface area contributed by atoms with Gasteiger partial charge < -0.3 is 10.1 Å². The summed E-state index contributed by atoms with van der Waals surface area (Å²) in [6, 6.07) is 7.49. The van der Waals surface area contributed by atoms with Gasteiger partial charge in [0.15, 0.2) is 0 Å². The van der Waals surface area contributed by atoms with Crippen LogP contribution in [0.15, 0.2) is 29.1 Å². The second kappa shape index (κ2) is 4.51. The number of nitrogens with zero attached hydrogens (tertiary/aromatic N) is 2. The summed E-state index contributed by atoms with van der Waals surface area (Å²) in [6.07, 6.45) is 0.496. The number of H-pyrrole nitrogens is 1. The Morgan fingerprint density at radius 2 is 2.28 bits per heavy atom. The summed E-state index contributed by atoms with van der Waals surface area (Å²) in [4.78, 5) is 21.2. The highest BCUT2D eigenvalue weighted by Crippen LogP contribution is 2.12. The van der Waals surface area contributed by atoms with Gasteiger partial charge in [0.2, 0.25) is 0 Å². The van der Waals surface area contributed by atoms with Crippen molar-refractivity contribution in [3.63, 3.8) is 0 Å². The maximum atomic E-state index is 11.9. The average Bonchev–Trinajstić information content (AvgIpc) is 2.76. The number of aromatic nitrogens is 2. The van der Waals surface area contributed by atoms with Crippen LogP contribution in [0.25, 0.3) is 11.0 Å². The molecule has 0 saturated carbocycles. The largest absolute Gasteiger partial charge is 0.392 e. The van der Waals surface area contributed by atoms with Crippen LogP contribution in [0.2, 0.25) is 0 Å². The monoisotopic (exact) mass is 245 g/mol. The molecule has 0 radical (unpaired) electrons. The van der Waals surface area contributed by atoms with Gasteiger partial charge in [-0.1, -0.05) is 12.1 Å². The van der Waals surface area contributed by atoms with Gasteiger partial charge in [-0.3, -0.25) is 9.69 Å². The molecule has 1 aromatic heterocycles. The van der Waals surface area contributed by atoms with Crippen molar-refractivity contribution in [2.24, 2.45) is 0 Å². The molecule has 1 atom stereocenters. The van der Waals surface area contributed by atoms with Crippen molar-refractivity contribution >= 4 is 11.0 Å². The molecule has 0 spiro atoms. The predicted octanol–water partition coefficient (Wildman–Crippen LogP) is 0.490. The number of benzene rings is 1. The Morgan fingerprint density at radius 1 is 1.44 bits per heavy atom. The molecule has 0 aliphatic carbocycles. The summed E-state index contributed by atoms with van der Waals surface area (Å²) < 4.78 is 0. The zero-order valence-electron chi connectivity index (χ0n) is 9.97. The highest BCUT2D eigenvalue weighted by atomic mass is 16.3. The fourth-order valence-electron chi connectivity index (χ4n) is 2.34. The van der Waals surface area contributed by atoms with Crippen molar-refractivity contribution in [1.29, 1.82) is 0 Å². The summed E-state index contributed by atoms with van der Waals surface area (Å²) in [5, 5.41) is 9.47. The minimum atomic E-state index is -0.274. The third-order valence-corrected chi connectivity index (χ3v) is 3.29. The molecule has 2 heterocycles. The first kappa shape index (κ1) is 11.4. The van der Waals surface area contributed by atoms with Crippen molar-refractivity contribution < 1.29 is 5.11 Å². The van der Waals surface area contributed by atoms with Crippen molar-refractivity contribution in [3.8, 4) is 0 Å². The van der Waals surface area contributed by atoms with Crippen molar-refractivity contribution in [2.75, 3.05) is 13.1 Å². The van der Waals surface area contributed by atoms with Gasteiger partial charge in [0.25, 0.3) is 5.56 Å². The number of hydrogen-bond acceptors (Lipinski definition) is 4. The standard InChI is InChI=1S/C13H15N3O2/c17-9-5-6-16(7-9)8-12-13(18)15-11-4-2-1-3-10(11)14-12/h1-4,9,17H,5-8H2,(H,15,18). The summed E-state index contributed by atoms with van der Waals surface area (Å²) >= 11 is 0. The fraction of sp³-hybridized carbons (Fsp3) is 0.385. The number of aromatic amines is 1. The molecule has 5 nitrogen and oxygen atoms in total.